The molecule has 0 aliphatic carbocycles. The second kappa shape index (κ2) is 13.0. The number of carbonyl (C=O) groups excluding carboxylic acids is 1. The molecular formula is C25H16Br2Cl6N5OP. The zero-order valence-corrected chi connectivity index (χ0v) is 28.5. The predicted octanol–water partition coefficient (Wildman–Crippen LogP) is 11.9. The van der Waals surface area contributed by atoms with E-state index in [1.54, 1.807) is 12.4 Å². The molecule has 6 rings (SSSR count). The van der Waals surface area contributed by atoms with Crippen LogP contribution >= 0.6 is 103 Å². The van der Waals surface area contributed by atoms with Gasteiger partial charge in [-0.05, 0) is 68.3 Å². The minimum Gasteiger partial charge on any atom is -0.339 e. The zero-order chi connectivity index (χ0) is 29.1. The number of rotatable bonds is 0. The first kappa shape index (κ1) is 31.7. The van der Waals surface area contributed by atoms with Crippen molar-refractivity contribution in [3.63, 3.8) is 0 Å². The Morgan fingerprint density at radius 2 is 1.25 bits per heavy atom. The molecule has 0 amide bonds. The molecule has 4 heterocycles. The van der Waals surface area contributed by atoms with E-state index in [4.69, 9.17) is 67.8 Å². The van der Waals surface area contributed by atoms with Crippen LogP contribution in [-0.2, 0) is 6.42 Å². The average molecular weight is 806 g/mol. The Bertz CT molecular complexity index is 1610. The van der Waals surface area contributed by atoms with Crippen molar-refractivity contribution in [2.45, 2.75) is 6.42 Å². The van der Waals surface area contributed by atoms with Gasteiger partial charge >= 0.3 is 59.6 Å². The number of nitrogens with one attached hydrogen (secondary N) is 2. The largest absolute Gasteiger partial charge is 0.339 e. The van der Waals surface area contributed by atoms with Gasteiger partial charge in [0.25, 0.3) is 0 Å². The van der Waals surface area contributed by atoms with Gasteiger partial charge in [0.15, 0.2) is 11.6 Å². The van der Waals surface area contributed by atoms with Crippen LogP contribution in [-0.4, -0.2) is 20.9 Å². The van der Waals surface area contributed by atoms with E-state index in [9.17, 15) is 4.79 Å². The molecular weight excluding hydrogens is 790 g/mol. The van der Waals surface area contributed by atoms with Gasteiger partial charge in [0.05, 0.1) is 11.4 Å². The second-order valence-electron chi connectivity index (χ2n) is 8.17. The molecule has 0 bridgehead atoms. The van der Waals surface area contributed by atoms with Crippen LogP contribution in [0.2, 0.25) is 0 Å². The molecule has 2 aromatic carbocycles. The molecule has 4 aromatic rings. The van der Waals surface area contributed by atoms with Gasteiger partial charge < -0.3 is 10.6 Å². The third-order valence-corrected chi connectivity index (χ3v) is 6.38. The Labute approximate surface area is 275 Å². The Balaban J connectivity index is 0.000000155. The number of aliphatic imine (C=N–C) groups is 1. The van der Waals surface area contributed by atoms with Crippen LogP contribution in [0, 0.1) is 0 Å². The van der Waals surface area contributed by atoms with Gasteiger partial charge in [-0.2, -0.15) is 0 Å². The minimum absolute atomic E-state index is 0.117. The first-order valence-electron chi connectivity index (χ1n) is 11.1. The topological polar surface area (TPSA) is 79.3 Å². The van der Waals surface area contributed by atoms with Crippen LogP contribution in [0.25, 0.3) is 0 Å². The summed E-state index contributed by atoms with van der Waals surface area (Å²) in [5, 5.41) is 6.90. The van der Waals surface area contributed by atoms with E-state index in [-0.39, 0.29) is 5.78 Å². The molecule has 6 nitrogen and oxygen atoms in total. The Morgan fingerprint density at radius 3 is 1.90 bits per heavy atom. The normalized spacial score (nSPS) is 14.1. The van der Waals surface area contributed by atoms with Crippen LogP contribution in [0.1, 0.15) is 21.5 Å². The maximum absolute atomic E-state index is 12.1. The number of Topliss-reactive ketones (excluding diaryl/α,β-unsaturated/α-hetero) is 1. The Hall–Kier alpha value is -1.19. The number of pyridine rings is 2. The Morgan fingerprint density at radius 1 is 0.750 bits per heavy atom. The van der Waals surface area contributed by atoms with Crippen molar-refractivity contribution < 1.29 is 4.79 Å². The van der Waals surface area contributed by atoms with Crippen molar-refractivity contribution in [2.24, 2.45) is 4.99 Å². The Kier molecular flexibility index (Phi) is 10.3. The standard InChI is InChI=1S/C13H9BrN2O.C12H7BrClN3.Cl5P/c14-9-5-8-6-12(17)10-3-1-2-4-11(10)16-13(8)15-7-9;13-7-5-10-12(15-6-7)17-9-4-2-1-3-8(9)11(14)16-10;1-6(2,3,4)5/h1-5,7H,6H2,(H,15,16);1-6H,(H,15,17);. The number of hydrogen-bond donors (Lipinski definition) is 2. The fraction of sp³-hybridized carbons (Fsp3) is 0.0400. The summed E-state index contributed by atoms with van der Waals surface area (Å²) in [5.41, 5.74) is 4.98. The summed E-state index contributed by atoms with van der Waals surface area (Å²) >= 11 is 37.8. The first-order valence-corrected chi connectivity index (χ1v) is 19.8. The number of aromatic nitrogens is 2. The molecule has 0 saturated carbocycles. The second-order valence-corrected chi connectivity index (χ2v) is 27.0. The molecule has 0 fully saturated rings. The van der Waals surface area contributed by atoms with Crippen molar-refractivity contribution in [2.75, 3.05) is 10.6 Å². The fourth-order valence-corrected chi connectivity index (χ4v) is 4.59. The molecule has 2 aliphatic heterocycles. The van der Waals surface area contributed by atoms with Gasteiger partial charge in [-0.3, -0.25) is 4.79 Å². The van der Waals surface area contributed by atoms with Gasteiger partial charge in [-0.1, -0.05) is 35.9 Å². The van der Waals surface area contributed by atoms with E-state index >= 15 is 0 Å². The van der Waals surface area contributed by atoms with E-state index in [1.165, 1.54) is 0 Å². The number of para-hydroxylation sites is 2. The molecule has 15 heteroatoms. The van der Waals surface area contributed by atoms with Gasteiger partial charge in [0.2, 0.25) is 0 Å². The SMILES string of the molecule is ClC1=Nc2cc(Br)cnc2Nc2ccccc21.ClP(Cl)(Cl)(Cl)Cl.O=C1Cc2cc(Br)cnc2Nc2ccccc21. The summed E-state index contributed by atoms with van der Waals surface area (Å²) in [5.74, 6) is 1.58. The molecule has 0 saturated heterocycles. The summed E-state index contributed by atoms with van der Waals surface area (Å²) < 4.78 is -1.93. The van der Waals surface area contributed by atoms with Crippen molar-refractivity contribution in [3.05, 3.63) is 98.7 Å². The van der Waals surface area contributed by atoms with Crippen LogP contribution in [0.3, 0.4) is 0 Å². The molecule has 0 unspecified atom stereocenters. The summed E-state index contributed by atoms with van der Waals surface area (Å²) in [7, 11) is 0. The predicted molar refractivity (Wildman–Crippen MR) is 180 cm³/mol. The number of nitrogens with zero attached hydrogens (tertiary/aromatic N) is 3. The molecule has 2 aromatic heterocycles. The van der Waals surface area contributed by atoms with Gasteiger partial charge in [0, 0.05) is 44.5 Å². The number of fused-ring (bicyclic) bond motifs is 4. The summed E-state index contributed by atoms with van der Waals surface area (Å²) in [6, 6.07) is 19.1. The fourth-order valence-electron chi connectivity index (χ4n) is 3.64. The van der Waals surface area contributed by atoms with Gasteiger partial charge in [-0.15, -0.1) is 0 Å². The van der Waals surface area contributed by atoms with E-state index in [0.29, 0.717) is 17.4 Å². The summed E-state index contributed by atoms with van der Waals surface area (Å²) in [6.45, 7) is 0. The summed E-state index contributed by atoms with van der Waals surface area (Å²) in [4.78, 5) is 25.1. The third-order valence-electron chi connectivity index (χ3n) is 5.22. The molecule has 0 atom stereocenters. The number of hydrogen-bond acceptors (Lipinski definition) is 6. The average Bonchev–Trinajstić information content (AvgIpc) is 3.09. The summed E-state index contributed by atoms with van der Waals surface area (Å²) in [6.07, 6.45) is 3.83. The van der Waals surface area contributed by atoms with E-state index in [0.717, 1.165) is 48.5 Å². The minimum atomic E-state index is -3.69. The smallest absolute Gasteiger partial charge is 0.169 e. The van der Waals surface area contributed by atoms with Crippen molar-refractivity contribution >= 4 is 143 Å². The number of halogens is 8. The van der Waals surface area contributed by atoms with E-state index in [2.05, 4.69) is 57.5 Å². The maximum Gasteiger partial charge on any atom is 0.169 e. The van der Waals surface area contributed by atoms with Crippen LogP contribution in [0.4, 0.5) is 28.7 Å². The van der Waals surface area contributed by atoms with Gasteiger partial charge in [0.1, 0.15) is 16.7 Å². The number of anilines is 4. The number of ketones is 1. The monoisotopic (exact) mass is 801 g/mol. The molecule has 0 radical (unpaired) electrons. The zero-order valence-electron chi connectivity index (χ0n) is 19.9. The van der Waals surface area contributed by atoms with Gasteiger partial charge in [-0.25, -0.2) is 15.0 Å². The quantitative estimate of drug-likeness (QED) is 0.173. The van der Waals surface area contributed by atoms with Crippen LogP contribution in [0.5, 0.6) is 0 Å². The number of carbonyl (C=O) groups is 1. The molecule has 2 aliphatic rings. The first-order chi connectivity index (χ1) is 18.7. The van der Waals surface area contributed by atoms with Crippen molar-refractivity contribution in [1.82, 2.24) is 9.97 Å². The van der Waals surface area contributed by atoms with E-state index in [1.807, 2.05) is 60.7 Å². The van der Waals surface area contributed by atoms with Crippen molar-refractivity contribution in [1.29, 1.82) is 0 Å². The molecule has 208 valence electrons. The molecule has 2 N–H and O–H groups in total. The number of benzene rings is 2. The van der Waals surface area contributed by atoms with E-state index < -0.39 is 3.37 Å². The van der Waals surface area contributed by atoms with Crippen LogP contribution < -0.4 is 10.6 Å². The molecule has 40 heavy (non-hydrogen) atoms. The third kappa shape index (κ3) is 9.41. The maximum atomic E-state index is 12.1. The molecule has 0 spiro atoms. The van der Waals surface area contributed by atoms with Crippen molar-refractivity contribution in [3.8, 4) is 0 Å². The van der Waals surface area contributed by atoms with Crippen LogP contribution in [0.15, 0.2) is 87.0 Å².